The minimum Gasteiger partial charge on any atom is -0.507 e. The van der Waals surface area contributed by atoms with Gasteiger partial charge in [-0.3, -0.25) is 10.1 Å². The summed E-state index contributed by atoms with van der Waals surface area (Å²) in [5.41, 5.74) is 2.89. The Morgan fingerprint density at radius 2 is 1.90 bits per heavy atom. The standard InChI is InChI=1S/C16H18N2O3/c1-12-3-2-4-14(16(12)19)11-17-10-9-13-5-7-15(8-6-13)18(20)21/h2-8,17,19H,9-11H2,1H3. The van der Waals surface area contributed by atoms with Crippen LogP contribution < -0.4 is 5.32 Å². The van der Waals surface area contributed by atoms with E-state index >= 15 is 0 Å². The molecule has 0 aromatic heterocycles. The number of phenols is 1. The van der Waals surface area contributed by atoms with E-state index in [0.29, 0.717) is 12.3 Å². The molecule has 0 saturated carbocycles. The molecule has 0 aliphatic rings. The largest absolute Gasteiger partial charge is 0.507 e. The highest BCUT2D eigenvalue weighted by Crippen LogP contribution is 2.20. The molecular weight excluding hydrogens is 268 g/mol. The van der Waals surface area contributed by atoms with E-state index in [2.05, 4.69) is 5.32 Å². The molecule has 2 rings (SSSR count). The van der Waals surface area contributed by atoms with Gasteiger partial charge in [-0.05, 0) is 31.0 Å². The Bertz CT molecular complexity index is 624. The minimum atomic E-state index is -0.400. The van der Waals surface area contributed by atoms with Crippen molar-refractivity contribution in [2.75, 3.05) is 6.54 Å². The second-order valence-electron chi connectivity index (χ2n) is 4.93. The van der Waals surface area contributed by atoms with Crippen LogP contribution in [0.3, 0.4) is 0 Å². The first-order valence-electron chi connectivity index (χ1n) is 6.79. The number of rotatable bonds is 6. The predicted octanol–water partition coefficient (Wildman–Crippen LogP) is 2.94. The van der Waals surface area contributed by atoms with Crippen LogP contribution in [0.15, 0.2) is 42.5 Å². The van der Waals surface area contributed by atoms with Crippen molar-refractivity contribution in [3.05, 3.63) is 69.3 Å². The molecule has 0 radical (unpaired) electrons. The van der Waals surface area contributed by atoms with Crippen molar-refractivity contribution < 1.29 is 10.0 Å². The first kappa shape index (κ1) is 15.0. The van der Waals surface area contributed by atoms with Crippen LogP contribution >= 0.6 is 0 Å². The average molecular weight is 286 g/mol. The molecule has 2 N–H and O–H groups in total. The summed E-state index contributed by atoms with van der Waals surface area (Å²) in [4.78, 5) is 10.2. The summed E-state index contributed by atoms with van der Waals surface area (Å²) < 4.78 is 0. The van der Waals surface area contributed by atoms with E-state index in [9.17, 15) is 15.2 Å². The molecule has 0 saturated heterocycles. The number of nitro groups is 1. The SMILES string of the molecule is Cc1cccc(CNCCc2ccc([N+](=O)[O-])cc2)c1O. The molecule has 2 aromatic rings. The molecule has 21 heavy (non-hydrogen) atoms. The van der Waals surface area contributed by atoms with Gasteiger partial charge in [0.05, 0.1) is 4.92 Å². The molecule has 5 heteroatoms. The zero-order valence-electron chi connectivity index (χ0n) is 11.9. The van der Waals surface area contributed by atoms with Gasteiger partial charge in [0, 0.05) is 24.2 Å². The quantitative estimate of drug-likeness (QED) is 0.486. The number of nitrogens with one attached hydrogen (secondary N) is 1. The van der Waals surface area contributed by atoms with E-state index in [1.54, 1.807) is 12.1 Å². The summed E-state index contributed by atoms with van der Waals surface area (Å²) in [5, 5.41) is 23.7. The third-order valence-electron chi connectivity index (χ3n) is 3.37. The number of hydrogen-bond acceptors (Lipinski definition) is 4. The number of phenolic OH excluding ortho intramolecular Hbond substituents is 1. The first-order chi connectivity index (χ1) is 10.1. The van der Waals surface area contributed by atoms with Crippen molar-refractivity contribution in [1.82, 2.24) is 5.32 Å². The predicted molar refractivity (Wildman–Crippen MR) is 81.4 cm³/mol. The topological polar surface area (TPSA) is 75.4 Å². The van der Waals surface area contributed by atoms with Crippen LogP contribution in [0.1, 0.15) is 16.7 Å². The third-order valence-corrected chi connectivity index (χ3v) is 3.37. The normalized spacial score (nSPS) is 10.5. The molecule has 0 fully saturated rings. The van der Waals surface area contributed by atoms with Gasteiger partial charge >= 0.3 is 0 Å². The van der Waals surface area contributed by atoms with Crippen molar-refractivity contribution in [2.45, 2.75) is 19.9 Å². The number of non-ortho nitro benzene ring substituents is 1. The molecule has 0 aliphatic carbocycles. The van der Waals surface area contributed by atoms with Crippen molar-refractivity contribution >= 4 is 5.69 Å². The van der Waals surface area contributed by atoms with Gasteiger partial charge in [-0.1, -0.05) is 30.3 Å². The number of nitro benzene ring substituents is 1. The second kappa shape index (κ2) is 6.85. The first-order valence-corrected chi connectivity index (χ1v) is 6.79. The molecule has 0 aliphatic heterocycles. The fourth-order valence-electron chi connectivity index (χ4n) is 2.10. The van der Waals surface area contributed by atoms with Crippen LogP contribution in [0.4, 0.5) is 5.69 Å². The monoisotopic (exact) mass is 286 g/mol. The Hall–Kier alpha value is -2.40. The summed E-state index contributed by atoms with van der Waals surface area (Å²) >= 11 is 0. The summed E-state index contributed by atoms with van der Waals surface area (Å²) in [5.74, 6) is 0.334. The highest BCUT2D eigenvalue weighted by atomic mass is 16.6. The fraction of sp³-hybridized carbons (Fsp3) is 0.250. The number of benzene rings is 2. The Labute approximate surface area is 123 Å². The van der Waals surface area contributed by atoms with Crippen LogP contribution in [-0.4, -0.2) is 16.6 Å². The molecule has 0 unspecified atom stereocenters. The molecule has 0 amide bonds. The van der Waals surface area contributed by atoms with Crippen molar-refractivity contribution in [2.24, 2.45) is 0 Å². The van der Waals surface area contributed by atoms with Crippen LogP contribution in [0, 0.1) is 17.0 Å². The lowest BCUT2D eigenvalue weighted by atomic mass is 10.1. The molecule has 0 heterocycles. The van der Waals surface area contributed by atoms with Crippen LogP contribution in [-0.2, 0) is 13.0 Å². The van der Waals surface area contributed by atoms with Gasteiger partial charge in [0.2, 0.25) is 0 Å². The zero-order valence-corrected chi connectivity index (χ0v) is 11.9. The summed E-state index contributed by atoms with van der Waals surface area (Å²) in [6.07, 6.45) is 0.782. The Morgan fingerprint density at radius 3 is 2.57 bits per heavy atom. The third kappa shape index (κ3) is 4.03. The maximum Gasteiger partial charge on any atom is 0.269 e. The van der Waals surface area contributed by atoms with E-state index < -0.39 is 4.92 Å². The van der Waals surface area contributed by atoms with E-state index in [1.165, 1.54) is 12.1 Å². The summed E-state index contributed by atoms with van der Waals surface area (Å²) in [6.45, 7) is 3.21. The van der Waals surface area contributed by atoms with E-state index in [-0.39, 0.29) is 5.69 Å². The number of para-hydroxylation sites is 1. The lowest BCUT2D eigenvalue weighted by molar-refractivity contribution is -0.384. The highest BCUT2D eigenvalue weighted by molar-refractivity contribution is 5.39. The van der Waals surface area contributed by atoms with Crippen molar-refractivity contribution in [3.8, 4) is 5.75 Å². The summed E-state index contributed by atoms with van der Waals surface area (Å²) in [7, 11) is 0. The van der Waals surface area contributed by atoms with Crippen LogP contribution in [0.5, 0.6) is 5.75 Å². The molecule has 2 aromatic carbocycles. The van der Waals surface area contributed by atoms with Gasteiger partial charge < -0.3 is 10.4 Å². The lowest BCUT2D eigenvalue weighted by Gasteiger charge is -2.08. The molecular formula is C16H18N2O3. The Balaban J connectivity index is 1.82. The second-order valence-corrected chi connectivity index (χ2v) is 4.93. The van der Waals surface area contributed by atoms with Gasteiger partial charge in [-0.2, -0.15) is 0 Å². The van der Waals surface area contributed by atoms with E-state index in [1.807, 2.05) is 25.1 Å². The Morgan fingerprint density at radius 1 is 1.19 bits per heavy atom. The molecule has 0 atom stereocenters. The number of aryl methyl sites for hydroxylation is 1. The van der Waals surface area contributed by atoms with Gasteiger partial charge in [0.1, 0.15) is 5.75 Å². The lowest BCUT2D eigenvalue weighted by Crippen LogP contribution is -2.16. The maximum absolute atomic E-state index is 10.6. The smallest absolute Gasteiger partial charge is 0.269 e. The van der Waals surface area contributed by atoms with Crippen molar-refractivity contribution in [3.63, 3.8) is 0 Å². The number of aromatic hydroxyl groups is 1. The van der Waals surface area contributed by atoms with E-state index in [0.717, 1.165) is 29.7 Å². The van der Waals surface area contributed by atoms with Gasteiger partial charge in [0.25, 0.3) is 5.69 Å². The van der Waals surface area contributed by atoms with E-state index in [4.69, 9.17) is 0 Å². The van der Waals surface area contributed by atoms with Gasteiger partial charge in [0.15, 0.2) is 0 Å². The Kier molecular flexibility index (Phi) is 4.90. The summed E-state index contributed by atoms with van der Waals surface area (Å²) in [6, 6.07) is 12.2. The molecule has 0 bridgehead atoms. The molecule has 110 valence electrons. The van der Waals surface area contributed by atoms with Gasteiger partial charge in [-0.15, -0.1) is 0 Å². The molecule has 0 spiro atoms. The number of nitrogens with zero attached hydrogens (tertiary/aromatic N) is 1. The van der Waals surface area contributed by atoms with Crippen LogP contribution in [0.25, 0.3) is 0 Å². The van der Waals surface area contributed by atoms with Gasteiger partial charge in [-0.25, -0.2) is 0 Å². The maximum atomic E-state index is 10.6. The van der Waals surface area contributed by atoms with Crippen molar-refractivity contribution in [1.29, 1.82) is 0 Å². The average Bonchev–Trinajstić information content (AvgIpc) is 2.48. The minimum absolute atomic E-state index is 0.108. The number of hydrogen-bond donors (Lipinski definition) is 2. The zero-order chi connectivity index (χ0) is 15.2. The highest BCUT2D eigenvalue weighted by Gasteiger charge is 2.05. The van der Waals surface area contributed by atoms with Crippen LogP contribution in [0.2, 0.25) is 0 Å². The molecule has 5 nitrogen and oxygen atoms in total. The fourth-order valence-corrected chi connectivity index (χ4v) is 2.10.